The average molecular weight is 755 g/mol. The van der Waals surface area contributed by atoms with E-state index in [4.69, 9.17) is 14.2 Å². The first-order valence-corrected chi connectivity index (χ1v) is 16.7. The van der Waals surface area contributed by atoms with Gasteiger partial charge in [-0.15, -0.1) is 5.10 Å². The summed E-state index contributed by atoms with van der Waals surface area (Å²) in [5, 5.41) is 9.93. The minimum Gasteiger partial charge on any atom is -0.489 e. The number of halogens is 3. The molecule has 1 amide bonds. The van der Waals surface area contributed by atoms with Crippen LogP contribution in [-0.2, 0) is 43.1 Å². The Morgan fingerprint density at radius 2 is 1.46 bits per heavy atom. The van der Waals surface area contributed by atoms with Crippen molar-refractivity contribution in [3.05, 3.63) is 93.8 Å². The van der Waals surface area contributed by atoms with Crippen molar-refractivity contribution < 1.29 is 51.3 Å². The Balaban J connectivity index is 1.64. The van der Waals surface area contributed by atoms with Crippen LogP contribution in [0.25, 0.3) is 10.9 Å². The summed E-state index contributed by atoms with van der Waals surface area (Å²) in [6.07, 6.45) is -6.56. The van der Waals surface area contributed by atoms with E-state index >= 15 is 0 Å². The molecule has 4 rings (SSSR count). The first-order valence-electron chi connectivity index (χ1n) is 16.7. The molecule has 1 N–H and O–H groups in total. The van der Waals surface area contributed by atoms with Gasteiger partial charge in [0.2, 0.25) is 0 Å². The summed E-state index contributed by atoms with van der Waals surface area (Å²) < 4.78 is 62.4. The molecule has 1 aromatic heterocycles. The van der Waals surface area contributed by atoms with Crippen LogP contribution in [0.4, 0.5) is 23.7 Å². The van der Waals surface area contributed by atoms with E-state index in [1.807, 2.05) is 0 Å². The molecule has 4 aromatic rings. The fourth-order valence-electron chi connectivity index (χ4n) is 5.16. The average Bonchev–Trinajstić information content (AvgIpc) is 3.08. The van der Waals surface area contributed by atoms with Crippen LogP contribution in [0.2, 0.25) is 0 Å². The van der Waals surface area contributed by atoms with Gasteiger partial charge in [0, 0.05) is 24.2 Å². The molecule has 288 valence electrons. The molecule has 0 bridgehead atoms. The second-order valence-electron chi connectivity index (χ2n) is 14.4. The number of alkyl halides is 3. The Morgan fingerprint density at radius 1 is 0.833 bits per heavy atom. The number of anilines is 1. The minimum absolute atomic E-state index is 0.116. The quantitative estimate of drug-likeness (QED) is 0.0692. The van der Waals surface area contributed by atoms with Gasteiger partial charge in [0.1, 0.15) is 29.1 Å². The molecule has 1 heterocycles. The van der Waals surface area contributed by atoms with Gasteiger partial charge in [-0.1, -0.05) is 17.3 Å². The number of esters is 2. The number of amides is 1. The zero-order valence-corrected chi connectivity index (χ0v) is 30.8. The molecule has 0 atom stereocenters. The molecular formula is C38H41F3N4O9. The number of aryl methyl sites for hydroxylation is 1. The van der Waals surface area contributed by atoms with E-state index in [1.54, 1.807) is 65.8 Å². The van der Waals surface area contributed by atoms with Crippen LogP contribution in [-0.4, -0.2) is 57.1 Å². The number of rotatable bonds is 12. The molecule has 3 aromatic carbocycles. The number of ketones is 1. The number of nitrogens with one attached hydrogen (secondary N) is 1. The van der Waals surface area contributed by atoms with Gasteiger partial charge in [0.05, 0.1) is 18.1 Å². The smallest absolute Gasteiger partial charge is 0.416 e. The molecule has 0 spiro atoms. The molecule has 0 aliphatic rings. The molecule has 0 radical (unpaired) electrons. The number of fused-ring (bicyclic) bond motifs is 1. The van der Waals surface area contributed by atoms with Crippen LogP contribution in [0, 0.1) is 5.41 Å². The standard InChI is InChI=1S/C38H41F3N4O9/c1-35(2,3)53-32(48)37(33(49)54-36(4,5)6,17-18-45-31(47)28-16-13-25(38(39,40)41)20-29(28)43-44-45)21-30(46)24-11-14-27(15-12-24)52-22-23-9-8-10-26(19-23)42-34(50)51-7/h8-16,19-20H,17-18,21-22H2,1-7H3,(H,42,50). The molecule has 54 heavy (non-hydrogen) atoms. The molecule has 0 aliphatic heterocycles. The summed E-state index contributed by atoms with van der Waals surface area (Å²) in [5.74, 6) is -2.42. The van der Waals surface area contributed by atoms with Crippen LogP contribution >= 0.6 is 0 Å². The van der Waals surface area contributed by atoms with E-state index in [1.165, 1.54) is 31.4 Å². The zero-order chi connectivity index (χ0) is 40.1. The predicted molar refractivity (Wildman–Crippen MR) is 190 cm³/mol. The third kappa shape index (κ3) is 10.6. The van der Waals surface area contributed by atoms with Gasteiger partial charge in [-0.3, -0.25) is 24.5 Å². The van der Waals surface area contributed by atoms with Gasteiger partial charge < -0.3 is 18.9 Å². The molecule has 0 saturated heterocycles. The van der Waals surface area contributed by atoms with E-state index in [-0.39, 0.29) is 23.1 Å². The van der Waals surface area contributed by atoms with Crippen LogP contribution in [0.1, 0.15) is 75.9 Å². The number of hydrogen-bond donors (Lipinski definition) is 1. The van der Waals surface area contributed by atoms with Crippen molar-refractivity contribution in [2.45, 2.75) is 84.9 Å². The number of carbonyl (C=O) groups is 4. The summed E-state index contributed by atoms with van der Waals surface area (Å²) in [6.45, 7) is 9.11. The third-order valence-corrected chi connectivity index (χ3v) is 7.78. The monoisotopic (exact) mass is 754 g/mol. The van der Waals surface area contributed by atoms with Gasteiger partial charge in [-0.25, -0.2) is 9.48 Å². The zero-order valence-electron chi connectivity index (χ0n) is 30.8. The Morgan fingerprint density at radius 3 is 2.04 bits per heavy atom. The molecular weight excluding hydrogens is 713 g/mol. The predicted octanol–water partition coefficient (Wildman–Crippen LogP) is 6.90. The third-order valence-electron chi connectivity index (χ3n) is 7.78. The molecule has 16 heteroatoms. The van der Waals surface area contributed by atoms with Gasteiger partial charge in [0.25, 0.3) is 5.56 Å². The summed E-state index contributed by atoms with van der Waals surface area (Å²) in [4.78, 5) is 66.9. The number of carbonyl (C=O) groups excluding carboxylic acids is 4. The number of nitrogens with zero attached hydrogens (tertiary/aromatic N) is 3. The minimum atomic E-state index is -4.68. The maximum atomic E-state index is 14.0. The number of ether oxygens (including phenoxy) is 4. The molecule has 0 unspecified atom stereocenters. The second kappa shape index (κ2) is 16.1. The normalized spacial score (nSPS) is 12.2. The second-order valence-corrected chi connectivity index (χ2v) is 14.4. The number of hydrogen-bond acceptors (Lipinski definition) is 11. The van der Waals surface area contributed by atoms with Crippen LogP contribution in [0.3, 0.4) is 0 Å². The lowest BCUT2D eigenvalue weighted by atomic mass is 9.78. The molecule has 0 saturated carbocycles. The van der Waals surface area contributed by atoms with Crippen molar-refractivity contribution in [1.82, 2.24) is 15.0 Å². The van der Waals surface area contributed by atoms with Crippen molar-refractivity contribution in [3.8, 4) is 5.75 Å². The van der Waals surface area contributed by atoms with Crippen LogP contribution in [0.5, 0.6) is 5.75 Å². The lowest BCUT2D eigenvalue weighted by molar-refractivity contribution is -0.186. The Hall–Kier alpha value is -5.80. The van der Waals surface area contributed by atoms with Crippen molar-refractivity contribution in [1.29, 1.82) is 0 Å². The van der Waals surface area contributed by atoms with E-state index in [9.17, 15) is 37.1 Å². The largest absolute Gasteiger partial charge is 0.489 e. The summed E-state index contributed by atoms with van der Waals surface area (Å²) >= 11 is 0. The molecule has 0 fully saturated rings. The summed E-state index contributed by atoms with van der Waals surface area (Å²) in [6, 6.07) is 15.3. The topological polar surface area (TPSA) is 165 Å². The highest BCUT2D eigenvalue weighted by Crippen LogP contribution is 2.36. The highest BCUT2D eigenvalue weighted by molar-refractivity contribution is 6.07. The van der Waals surface area contributed by atoms with Crippen molar-refractivity contribution >= 4 is 40.4 Å². The maximum Gasteiger partial charge on any atom is 0.416 e. The van der Waals surface area contributed by atoms with Gasteiger partial charge in [-0.05, 0) is 108 Å². The fraction of sp³-hybridized carbons (Fsp3) is 0.395. The Kier molecular flexibility index (Phi) is 12.2. The lowest BCUT2D eigenvalue weighted by Crippen LogP contribution is -2.49. The number of Topliss-reactive ketones (excluding diaryl/α,β-unsaturated/α-hetero) is 1. The SMILES string of the molecule is COC(=O)Nc1cccc(COc2ccc(C(=O)CC(CCn3nnc4cc(C(F)(F)F)ccc4c3=O)(C(=O)OC(C)(C)C)C(=O)OC(C)(C)C)cc2)c1. The van der Waals surface area contributed by atoms with E-state index in [0.717, 1.165) is 22.4 Å². The summed E-state index contributed by atoms with van der Waals surface area (Å²) in [5.41, 5.74) is -5.34. The molecule has 13 nitrogen and oxygen atoms in total. The number of benzene rings is 3. The number of methoxy groups -OCH3 is 1. The lowest BCUT2D eigenvalue weighted by Gasteiger charge is -2.34. The first-order chi connectivity index (χ1) is 25.1. The van der Waals surface area contributed by atoms with E-state index in [2.05, 4.69) is 20.4 Å². The van der Waals surface area contributed by atoms with E-state index < -0.39 is 77.1 Å². The fourth-order valence-corrected chi connectivity index (χ4v) is 5.16. The number of aromatic nitrogens is 3. The van der Waals surface area contributed by atoms with Gasteiger partial charge in [-0.2, -0.15) is 13.2 Å². The Labute approximate surface area is 308 Å². The van der Waals surface area contributed by atoms with Crippen molar-refractivity contribution in [2.75, 3.05) is 12.4 Å². The van der Waals surface area contributed by atoms with Gasteiger partial charge in [0.15, 0.2) is 11.2 Å². The van der Waals surface area contributed by atoms with Crippen LogP contribution < -0.4 is 15.6 Å². The molecule has 0 aliphatic carbocycles. The van der Waals surface area contributed by atoms with Crippen molar-refractivity contribution in [2.24, 2.45) is 5.41 Å². The highest BCUT2D eigenvalue weighted by Gasteiger charge is 2.52. The highest BCUT2D eigenvalue weighted by atomic mass is 19.4. The van der Waals surface area contributed by atoms with Gasteiger partial charge >= 0.3 is 24.2 Å². The summed E-state index contributed by atoms with van der Waals surface area (Å²) in [7, 11) is 1.25. The van der Waals surface area contributed by atoms with E-state index in [0.29, 0.717) is 17.5 Å². The van der Waals surface area contributed by atoms with Crippen LogP contribution in [0.15, 0.2) is 71.5 Å². The van der Waals surface area contributed by atoms with Crippen molar-refractivity contribution in [3.63, 3.8) is 0 Å². The maximum absolute atomic E-state index is 14.0. The Bertz CT molecular complexity index is 2060. The first kappa shape index (κ1) is 41.0.